The number of aryl methyl sites for hydroxylation is 2. The minimum absolute atomic E-state index is 0.319. The molecule has 19 heavy (non-hydrogen) atoms. The molecule has 0 saturated carbocycles. The Morgan fingerprint density at radius 3 is 2.37 bits per heavy atom. The van der Waals surface area contributed by atoms with Gasteiger partial charge < -0.3 is 5.32 Å². The summed E-state index contributed by atoms with van der Waals surface area (Å²) in [4.78, 5) is 4.14. The Hall–Kier alpha value is -0.770. The van der Waals surface area contributed by atoms with Crippen LogP contribution in [0.25, 0.3) is 0 Å². The third-order valence-corrected chi connectivity index (χ3v) is 5.16. The maximum absolute atomic E-state index is 3.61. The van der Waals surface area contributed by atoms with Gasteiger partial charge in [0.25, 0.3) is 0 Å². The molecule has 3 heteroatoms. The molecule has 0 spiro atoms. The molecule has 0 aliphatic heterocycles. The van der Waals surface area contributed by atoms with Crippen LogP contribution >= 0.6 is 23.1 Å². The van der Waals surface area contributed by atoms with E-state index in [0.717, 1.165) is 6.54 Å². The standard InChI is InChI=1S/C16H21NS2/c1-5-17-15(16-11(2)10-12(3)19-16)13-6-8-14(18-4)9-7-13/h6-10,15,17H,5H2,1-4H3. The van der Waals surface area contributed by atoms with E-state index in [4.69, 9.17) is 0 Å². The van der Waals surface area contributed by atoms with Crippen molar-refractivity contribution in [1.82, 2.24) is 5.32 Å². The number of thioether (sulfide) groups is 1. The topological polar surface area (TPSA) is 12.0 Å². The van der Waals surface area contributed by atoms with Crippen LogP contribution in [0.3, 0.4) is 0 Å². The van der Waals surface area contributed by atoms with Crippen molar-refractivity contribution in [1.29, 1.82) is 0 Å². The summed E-state index contributed by atoms with van der Waals surface area (Å²) in [5.74, 6) is 0. The summed E-state index contributed by atoms with van der Waals surface area (Å²) in [6, 6.07) is 11.5. The lowest BCUT2D eigenvalue weighted by atomic mass is 10.0. The quantitative estimate of drug-likeness (QED) is 0.795. The van der Waals surface area contributed by atoms with Crippen molar-refractivity contribution in [3.8, 4) is 0 Å². The molecule has 1 nitrogen and oxygen atoms in total. The maximum atomic E-state index is 3.61. The second kappa shape index (κ2) is 6.60. The molecule has 0 saturated heterocycles. The lowest BCUT2D eigenvalue weighted by Crippen LogP contribution is -2.21. The highest BCUT2D eigenvalue weighted by molar-refractivity contribution is 7.98. The van der Waals surface area contributed by atoms with Crippen LogP contribution < -0.4 is 5.32 Å². The largest absolute Gasteiger partial charge is 0.306 e. The third kappa shape index (κ3) is 3.41. The molecular formula is C16H21NS2. The molecular weight excluding hydrogens is 270 g/mol. The van der Waals surface area contributed by atoms with Gasteiger partial charge in [-0.25, -0.2) is 0 Å². The maximum Gasteiger partial charge on any atom is 0.0673 e. The van der Waals surface area contributed by atoms with E-state index in [0.29, 0.717) is 6.04 Å². The van der Waals surface area contributed by atoms with Gasteiger partial charge in [0.1, 0.15) is 0 Å². The van der Waals surface area contributed by atoms with Gasteiger partial charge in [0.2, 0.25) is 0 Å². The zero-order chi connectivity index (χ0) is 13.8. The number of thiophene rings is 1. The molecule has 102 valence electrons. The summed E-state index contributed by atoms with van der Waals surface area (Å²) in [5, 5.41) is 3.61. The molecule has 1 heterocycles. The van der Waals surface area contributed by atoms with Crippen molar-refractivity contribution in [2.45, 2.75) is 31.7 Å². The van der Waals surface area contributed by atoms with Gasteiger partial charge in [-0.2, -0.15) is 0 Å². The average Bonchev–Trinajstić information content (AvgIpc) is 2.75. The lowest BCUT2D eigenvalue weighted by molar-refractivity contribution is 0.637. The van der Waals surface area contributed by atoms with E-state index >= 15 is 0 Å². The van der Waals surface area contributed by atoms with E-state index in [9.17, 15) is 0 Å². The number of hydrogen-bond donors (Lipinski definition) is 1. The molecule has 0 bridgehead atoms. The zero-order valence-electron chi connectivity index (χ0n) is 12.0. The van der Waals surface area contributed by atoms with Crippen LogP contribution in [0.5, 0.6) is 0 Å². The Balaban J connectivity index is 2.36. The Morgan fingerprint density at radius 1 is 1.21 bits per heavy atom. The first kappa shape index (κ1) is 14.6. The van der Waals surface area contributed by atoms with Gasteiger partial charge in [-0.1, -0.05) is 19.1 Å². The predicted molar refractivity (Wildman–Crippen MR) is 87.5 cm³/mol. The van der Waals surface area contributed by atoms with Crippen LogP contribution in [0.2, 0.25) is 0 Å². The highest BCUT2D eigenvalue weighted by Gasteiger charge is 2.17. The monoisotopic (exact) mass is 291 g/mol. The second-order valence-electron chi connectivity index (χ2n) is 4.67. The molecule has 1 N–H and O–H groups in total. The molecule has 0 aliphatic rings. The fraction of sp³-hybridized carbons (Fsp3) is 0.375. The first-order chi connectivity index (χ1) is 9.15. The lowest BCUT2D eigenvalue weighted by Gasteiger charge is -2.18. The second-order valence-corrected chi connectivity index (χ2v) is 6.84. The third-order valence-electron chi connectivity index (χ3n) is 3.20. The van der Waals surface area contributed by atoms with Crippen LogP contribution in [0.1, 0.15) is 33.8 Å². The predicted octanol–water partition coefficient (Wildman–Crippen LogP) is 4.79. The van der Waals surface area contributed by atoms with Gasteiger partial charge in [0.05, 0.1) is 6.04 Å². The van der Waals surface area contributed by atoms with Crippen molar-refractivity contribution in [2.24, 2.45) is 0 Å². The molecule has 0 amide bonds. The first-order valence-corrected chi connectivity index (χ1v) is 8.64. The molecule has 1 unspecified atom stereocenters. The Labute approximate surface area is 124 Å². The summed E-state index contributed by atoms with van der Waals surface area (Å²) >= 11 is 3.69. The summed E-state index contributed by atoms with van der Waals surface area (Å²) in [5.41, 5.74) is 2.74. The molecule has 1 aromatic carbocycles. The van der Waals surface area contributed by atoms with E-state index in [2.05, 4.69) is 62.7 Å². The van der Waals surface area contributed by atoms with E-state index in [1.807, 2.05) is 11.3 Å². The van der Waals surface area contributed by atoms with Gasteiger partial charge in [-0.15, -0.1) is 23.1 Å². The average molecular weight is 291 g/mol. The molecule has 2 rings (SSSR count). The van der Waals surface area contributed by atoms with E-state index in [1.165, 1.54) is 25.8 Å². The van der Waals surface area contributed by atoms with E-state index < -0.39 is 0 Å². The van der Waals surface area contributed by atoms with Gasteiger partial charge in [0, 0.05) is 14.6 Å². The zero-order valence-corrected chi connectivity index (χ0v) is 13.6. The summed E-state index contributed by atoms with van der Waals surface area (Å²) < 4.78 is 0. The number of benzene rings is 1. The molecule has 1 atom stereocenters. The smallest absolute Gasteiger partial charge is 0.0673 e. The van der Waals surface area contributed by atoms with Crippen molar-refractivity contribution in [3.05, 3.63) is 51.2 Å². The number of nitrogens with one attached hydrogen (secondary N) is 1. The fourth-order valence-electron chi connectivity index (χ4n) is 2.31. The van der Waals surface area contributed by atoms with Gasteiger partial charge in [-0.05, 0) is 56.0 Å². The van der Waals surface area contributed by atoms with Crippen LogP contribution in [0.4, 0.5) is 0 Å². The minimum atomic E-state index is 0.319. The van der Waals surface area contributed by atoms with E-state index in [-0.39, 0.29) is 0 Å². The van der Waals surface area contributed by atoms with Crippen LogP contribution in [-0.2, 0) is 0 Å². The summed E-state index contributed by atoms with van der Waals surface area (Å²) in [6.45, 7) is 7.53. The Morgan fingerprint density at radius 2 is 1.89 bits per heavy atom. The first-order valence-electron chi connectivity index (χ1n) is 6.60. The molecule has 0 aliphatic carbocycles. The molecule has 0 fully saturated rings. The normalized spacial score (nSPS) is 12.6. The SMILES string of the molecule is CCNC(c1ccc(SC)cc1)c1sc(C)cc1C. The number of rotatable bonds is 5. The van der Waals surface area contributed by atoms with Gasteiger partial charge >= 0.3 is 0 Å². The van der Waals surface area contributed by atoms with Crippen molar-refractivity contribution in [3.63, 3.8) is 0 Å². The van der Waals surface area contributed by atoms with Crippen molar-refractivity contribution < 1.29 is 0 Å². The Kier molecular flexibility index (Phi) is 5.08. The van der Waals surface area contributed by atoms with Crippen molar-refractivity contribution >= 4 is 23.1 Å². The van der Waals surface area contributed by atoms with Crippen LogP contribution in [0.15, 0.2) is 35.2 Å². The molecule has 1 aromatic heterocycles. The van der Waals surface area contributed by atoms with E-state index in [1.54, 1.807) is 11.8 Å². The fourth-order valence-corrected chi connectivity index (χ4v) is 3.86. The van der Waals surface area contributed by atoms with Crippen molar-refractivity contribution in [2.75, 3.05) is 12.8 Å². The summed E-state index contributed by atoms with van der Waals surface area (Å²) in [6.07, 6.45) is 2.11. The highest BCUT2D eigenvalue weighted by Crippen LogP contribution is 2.32. The summed E-state index contributed by atoms with van der Waals surface area (Å²) in [7, 11) is 0. The molecule has 0 radical (unpaired) electrons. The number of hydrogen-bond acceptors (Lipinski definition) is 3. The minimum Gasteiger partial charge on any atom is -0.306 e. The van der Waals surface area contributed by atoms with Gasteiger partial charge in [0.15, 0.2) is 0 Å². The molecule has 2 aromatic rings. The Bertz CT molecular complexity index is 528. The van der Waals surface area contributed by atoms with Crippen LogP contribution in [0, 0.1) is 13.8 Å². The highest BCUT2D eigenvalue weighted by atomic mass is 32.2. The van der Waals surface area contributed by atoms with Crippen LogP contribution in [-0.4, -0.2) is 12.8 Å². The van der Waals surface area contributed by atoms with Gasteiger partial charge in [-0.3, -0.25) is 0 Å².